The van der Waals surface area contributed by atoms with Crippen molar-refractivity contribution in [2.75, 3.05) is 0 Å². The number of carbonyl (C=O) groups is 1. The minimum Gasteiger partial charge on any atom is -0.350 e. The van der Waals surface area contributed by atoms with Gasteiger partial charge in [-0.2, -0.15) is 0 Å². The molecule has 2 aromatic rings. The fourth-order valence-electron chi connectivity index (χ4n) is 3.56. The first kappa shape index (κ1) is 19.9. The topological polar surface area (TPSA) is 122 Å². The van der Waals surface area contributed by atoms with Crippen LogP contribution in [0.1, 0.15) is 48.4 Å². The Bertz CT molecular complexity index is 1180. The number of halogens is 1. The Morgan fingerprint density at radius 3 is 2.45 bits per heavy atom. The number of sulfonamides is 1. The van der Waals surface area contributed by atoms with Gasteiger partial charge in [-0.3, -0.25) is 9.59 Å². The van der Waals surface area contributed by atoms with E-state index in [1.165, 1.54) is 12.1 Å². The maximum atomic E-state index is 12.5. The highest BCUT2D eigenvalue weighted by Gasteiger charge is 2.27. The number of nitrogens with two attached hydrogens (primary N) is 1. The van der Waals surface area contributed by atoms with Crippen molar-refractivity contribution in [2.45, 2.75) is 42.5 Å². The molecule has 0 bridgehead atoms. The molecule has 1 saturated heterocycles. The molecule has 4 N–H and O–H groups in total. The summed E-state index contributed by atoms with van der Waals surface area (Å²) in [5.74, 6) is 0.281. The molecule has 9 heteroatoms. The van der Waals surface area contributed by atoms with Crippen molar-refractivity contribution in [1.82, 2.24) is 10.3 Å². The van der Waals surface area contributed by atoms with Crippen LogP contribution in [0.3, 0.4) is 0 Å². The molecule has 1 aliphatic heterocycles. The van der Waals surface area contributed by atoms with Crippen LogP contribution < -0.4 is 16.0 Å². The smallest absolute Gasteiger partial charge is 0.251 e. The predicted octanol–water partition coefficient (Wildman–Crippen LogP) is 2.26. The molecule has 152 valence electrons. The number of hydrogen-bond donors (Lipinski definition) is 3. The Morgan fingerprint density at radius 2 is 1.90 bits per heavy atom. The van der Waals surface area contributed by atoms with Crippen LogP contribution in [0.5, 0.6) is 0 Å². The first-order valence-electron chi connectivity index (χ1n) is 9.30. The molecule has 2 aliphatic rings. The number of pyridine rings is 1. The second-order valence-corrected chi connectivity index (χ2v) is 9.35. The van der Waals surface area contributed by atoms with E-state index in [1.54, 1.807) is 6.07 Å². The number of nitrogens with one attached hydrogen (secondary N) is 2. The lowest BCUT2D eigenvalue weighted by molar-refractivity contribution is -0.119. The van der Waals surface area contributed by atoms with Crippen LogP contribution in [0.2, 0.25) is 5.02 Å². The normalized spacial score (nSPS) is 20.0. The molecule has 1 aliphatic carbocycles. The second-order valence-electron chi connectivity index (χ2n) is 7.41. The van der Waals surface area contributed by atoms with Gasteiger partial charge in [-0.25, -0.2) is 13.6 Å². The average Bonchev–Trinajstić information content (AvgIpc) is 3.40. The van der Waals surface area contributed by atoms with Crippen LogP contribution in [-0.2, 0) is 14.8 Å². The summed E-state index contributed by atoms with van der Waals surface area (Å²) < 4.78 is 23.3. The number of aromatic amines is 1. The highest BCUT2D eigenvalue weighted by atomic mass is 35.5. The molecule has 7 nitrogen and oxygen atoms in total. The Labute approximate surface area is 173 Å². The van der Waals surface area contributed by atoms with E-state index >= 15 is 0 Å². The molecule has 1 amide bonds. The van der Waals surface area contributed by atoms with E-state index in [1.807, 2.05) is 18.2 Å². The van der Waals surface area contributed by atoms with Crippen LogP contribution in [0.25, 0.3) is 5.57 Å². The summed E-state index contributed by atoms with van der Waals surface area (Å²) in [5, 5.41) is 8.05. The van der Waals surface area contributed by atoms with Crippen LogP contribution >= 0.6 is 11.6 Å². The molecular formula is C20H20ClN3O4S. The van der Waals surface area contributed by atoms with E-state index < -0.39 is 10.0 Å². The second kappa shape index (κ2) is 7.44. The fourth-order valence-corrected chi connectivity index (χ4v) is 4.65. The van der Waals surface area contributed by atoms with Crippen molar-refractivity contribution < 1.29 is 13.2 Å². The maximum Gasteiger partial charge on any atom is 0.251 e. The molecule has 0 radical (unpaired) electrons. The van der Waals surface area contributed by atoms with E-state index in [9.17, 15) is 18.0 Å². The van der Waals surface area contributed by atoms with Crippen molar-refractivity contribution in [2.24, 2.45) is 5.14 Å². The number of primary sulfonamides is 1. The van der Waals surface area contributed by atoms with Crippen molar-refractivity contribution in [3.63, 3.8) is 0 Å². The summed E-state index contributed by atoms with van der Waals surface area (Å²) in [4.78, 5) is 26.9. The van der Waals surface area contributed by atoms with Crippen LogP contribution in [0, 0.1) is 0 Å². The van der Waals surface area contributed by atoms with Crippen LogP contribution in [0.4, 0.5) is 0 Å². The lowest BCUT2D eigenvalue weighted by Crippen LogP contribution is -2.23. The third-order valence-corrected chi connectivity index (χ3v) is 6.59. The molecule has 1 saturated carbocycles. The molecule has 0 spiro atoms. The number of carbonyl (C=O) groups excluding carboxylic acids is 1. The molecule has 2 heterocycles. The van der Waals surface area contributed by atoms with Gasteiger partial charge in [0.1, 0.15) is 4.90 Å². The summed E-state index contributed by atoms with van der Waals surface area (Å²) in [5.41, 5.74) is 2.46. The molecular weight excluding hydrogens is 414 g/mol. The highest BCUT2D eigenvalue weighted by Crippen LogP contribution is 2.38. The summed E-state index contributed by atoms with van der Waals surface area (Å²) in [6.07, 6.45) is 4.95. The standard InChI is InChI=1S/C20H20ClN3O4S/c21-16-9-12(3-7-18(16)29(22,27)28)15(10-13-4-8-19(25)23-13)17-6-5-14(11-1-2-11)20(26)24-17/h3,5-7,9-11,13H,1-2,4,8H2,(H,23,25)(H,24,26)(H2,22,27,28)/b15-10+/t13-/m1/s1. The molecule has 1 atom stereocenters. The van der Waals surface area contributed by atoms with Gasteiger partial charge < -0.3 is 10.3 Å². The molecule has 0 unspecified atom stereocenters. The van der Waals surface area contributed by atoms with Crippen molar-refractivity contribution in [1.29, 1.82) is 0 Å². The Kier molecular flexibility index (Phi) is 5.10. The van der Waals surface area contributed by atoms with Gasteiger partial charge in [0.2, 0.25) is 15.9 Å². The minimum atomic E-state index is -3.95. The van der Waals surface area contributed by atoms with E-state index in [2.05, 4.69) is 10.3 Å². The minimum absolute atomic E-state index is 0.0108. The van der Waals surface area contributed by atoms with Crippen LogP contribution in [-0.4, -0.2) is 25.4 Å². The van der Waals surface area contributed by atoms with Gasteiger partial charge in [-0.15, -0.1) is 0 Å². The largest absolute Gasteiger partial charge is 0.350 e. The molecule has 1 aromatic heterocycles. The average molecular weight is 434 g/mol. The summed E-state index contributed by atoms with van der Waals surface area (Å²) in [6.45, 7) is 0. The number of aromatic nitrogens is 1. The van der Waals surface area contributed by atoms with E-state index in [4.69, 9.17) is 16.7 Å². The van der Waals surface area contributed by atoms with Crippen molar-refractivity contribution in [3.05, 3.63) is 68.6 Å². The monoisotopic (exact) mass is 433 g/mol. The zero-order valence-electron chi connectivity index (χ0n) is 15.4. The van der Waals surface area contributed by atoms with E-state index in [0.29, 0.717) is 35.6 Å². The molecule has 2 fully saturated rings. The van der Waals surface area contributed by atoms with Gasteiger partial charge >= 0.3 is 0 Å². The number of benzene rings is 1. The third-order valence-electron chi connectivity index (χ3n) is 5.19. The summed E-state index contributed by atoms with van der Waals surface area (Å²) in [7, 11) is -3.95. The van der Waals surface area contributed by atoms with Gasteiger partial charge in [-0.05, 0) is 48.9 Å². The highest BCUT2D eigenvalue weighted by molar-refractivity contribution is 7.89. The molecule has 1 aromatic carbocycles. The lowest BCUT2D eigenvalue weighted by Gasteiger charge is -2.14. The predicted molar refractivity (Wildman–Crippen MR) is 110 cm³/mol. The Balaban J connectivity index is 1.80. The van der Waals surface area contributed by atoms with Crippen molar-refractivity contribution in [3.8, 4) is 0 Å². The zero-order valence-corrected chi connectivity index (χ0v) is 17.0. The number of hydrogen-bond acceptors (Lipinski definition) is 4. The van der Waals surface area contributed by atoms with Crippen LogP contribution in [0.15, 0.2) is 46.1 Å². The Morgan fingerprint density at radius 1 is 1.14 bits per heavy atom. The SMILES string of the molecule is NS(=O)(=O)c1ccc(/C(=C\[C@H]2CCC(=O)N2)c2ccc(C3CC3)c(=O)[nH]2)cc1Cl. The number of rotatable bonds is 5. The van der Waals surface area contributed by atoms with Gasteiger partial charge in [-0.1, -0.05) is 29.8 Å². The van der Waals surface area contributed by atoms with E-state index in [-0.39, 0.29) is 27.4 Å². The fraction of sp³-hybridized carbons (Fsp3) is 0.300. The van der Waals surface area contributed by atoms with Gasteiger partial charge in [0.05, 0.1) is 5.02 Å². The van der Waals surface area contributed by atoms with Gasteiger partial charge in [0, 0.05) is 29.3 Å². The molecule has 4 rings (SSSR count). The van der Waals surface area contributed by atoms with Gasteiger partial charge in [0.25, 0.3) is 5.56 Å². The number of H-pyrrole nitrogens is 1. The summed E-state index contributed by atoms with van der Waals surface area (Å²) >= 11 is 6.16. The summed E-state index contributed by atoms with van der Waals surface area (Å²) in [6, 6.07) is 7.89. The Hall–Kier alpha value is -2.42. The van der Waals surface area contributed by atoms with Gasteiger partial charge in [0.15, 0.2) is 0 Å². The quantitative estimate of drug-likeness (QED) is 0.669. The van der Waals surface area contributed by atoms with Crippen molar-refractivity contribution >= 4 is 33.1 Å². The first-order valence-corrected chi connectivity index (χ1v) is 11.2. The zero-order chi connectivity index (χ0) is 20.8. The molecule has 29 heavy (non-hydrogen) atoms. The first-order chi connectivity index (χ1) is 13.7. The maximum absolute atomic E-state index is 12.5. The lowest BCUT2D eigenvalue weighted by atomic mass is 9.98. The number of amides is 1. The van der Waals surface area contributed by atoms with E-state index in [0.717, 1.165) is 18.4 Å². The third kappa shape index (κ3) is 4.29.